The van der Waals surface area contributed by atoms with E-state index >= 15 is 0 Å². The first-order chi connectivity index (χ1) is 16.2. The van der Waals surface area contributed by atoms with E-state index in [0.29, 0.717) is 18.0 Å². The van der Waals surface area contributed by atoms with Crippen LogP contribution in [-0.2, 0) is 5.41 Å². The Morgan fingerprint density at radius 3 is 2.32 bits per heavy atom. The molecule has 2 atom stereocenters. The molecule has 10 heteroatoms. The molecule has 0 unspecified atom stereocenters. The predicted molar refractivity (Wildman–Crippen MR) is 140 cm³/mol. The van der Waals surface area contributed by atoms with Crippen LogP contribution in [0.25, 0.3) is 0 Å². The maximum absolute atomic E-state index is 10.2. The van der Waals surface area contributed by atoms with Crippen molar-refractivity contribution in [2.75, 3.05) is 32.2 Å². The smallest absolute Gasteiger partial charge is 0.132 e. The highest BCUT2D eigenvalue weighted by molar-refractivity contribution is 14.1. The van der Waals surface area contributed by atoms with Gasteiger partial charge in [0.15, 0.2) is 0 Å². The van der Waals surface area contributed by atoms with Crippen molar-refractivity contribution in [1.82, 2.24) is 16.0 Å². The molecule has 0 spiro atoms. The van der Waals surface area contributed by atoms with Gasteiger partial charge in [-0.15, -0.1) is 17.1 Å². The molecule has 0 bridgehead atoms. The average molecular weight is 604 g/mol. The monoisotopic (exact) mass is 603 g/mol. The molecule has 0 aliphatic carbocycles. The number of ether oxygens (including phenoxy) is 2. The fourth-order valence-electron chi connectivity index (χ4n) is 3.42. The molecule has 3 rings (SSSR count). The van der Waals surface area contributed by atoms with E-state index in [-0.39, 0.29) is 31.1 Å². The van der Waals surface area contributed by atoms with Crippen LogP contribution in [0.15, 0.2) is 54.4 Å². The van der Waals surface area contributed by atoms with Gasteiger partial charge in [-0.3, -0.25) is 5.01 Å². The number of hydrazine groups is 2. The summed E-state index contributed by atoms with van der Waals surface area (Å²) in [6.07, 6.45) is 0.289. The molecule has 1 aliphatic heterocycles. The Kier molecular flexibility index (Phi) is 9.69. The van der Waals surface area contributed by atoms with Crippen LogP contribution < -0.4 is 20.4 Å². The fourth-order valence-corrected chi connectivity index (χ4v) is 4.18. The van der Waals surface area contributed by atoms with Gasteiger partial charge < -0.3 is 30.2 Å². The lowest BCUT2D eigenvalue weighted by Gasteiger charge is -2.27. The molecule has 8 nitrogen and oxygen atoms in total. The summed E-state index contributed by atoms with van der Waals surface area (Å²) < 4.78 is 12.4. The van der Waals surface area contributed by atoms with Gasteiger partial charge >= 0.3 is 0 Å². The van der Waals surface area contributed by atoms with Crippen LogP contribution in [0, 0.1) is 3.57 Å². The van der Waals surface area contributed by atoms with Gasteiger partial charge in [0.25, 0.3) is 0 Å². The summed E-state index contributed by atoms with van der Waals surface area (Å²) in [5, 5.41) is 30.6. The number of hydrogen-bond donors (Lipinski definition) is 5. The third-order valence-electron chi connectivity index (χ3n) is 5.53. The minimum atomic E-state index is -0.715. The summed E-state index contributed by atoms with van der Waals surface area (Å²) in [5.74, 6) is 1.53. The summed E-state index contributed by atoms with van der Waals surface area (Å²) in [7, 11) is 0. The van der Waals surface area contributed by atoms with Crippen LogP contribution in [-0.4, -0.2) is 64.8 Å². The quantitative estimate of drug-likeness (QED) is 0.186. The first kappa shape index (κ1) is 26.8. The molecule has 0 radical (unpaired) electrons. The number of hydrogen-bond acceptors (Lipinski definition) is 8. The minimum Gasteiger partial charge on any atom is -0.491 e. The van der Waals surface area contributed by atoms with Crippen molar-refractivity contribution in [2.24, 2.45) is 0 Å². The topological polar surface area (TPSA) is 106 Å². The molecule has 0 aromatic heterocycles. The van der Waals surface area contributed by atoms with Crippen LogP contribution in [0.2, 0.25) is 0 Å². The van der Waals surface area contributed by atoms with Gasteiger partial charge in [-0.25, -0.2) is 0 Å². The summed E-state index contributed by atoms with van der Waals surface area (Å²) >= 11 is 7.87. The van der Waals surface area contributed by atoms with Crippen molar-refractivity contribution in [3.63, 3.8) is 0 Å². The van der Waals surface area contributed by atoms with E-state index in [1.807, 2.05) is 36.4 Å². The van der Waals surface area contributed by atoms with Gasteiger partial charge in [-0.2, -0.15) is 0 Å². The molecule has 1 aliphatic rings. The second-order valence-electron chi connectivity index (χ2n) is 8.58. The Hall–Kier alpha value is -1.76. The summed E-state index contributed by atoms with van der Waals surface area (Å²) in [5.41, 5.74) is 8.27. The molecular weight excluding hydrogens is 573 g/mol. The second-order valence-corrected chi connectivity index (χ2v) is 10.1. The zero-order chi connectivity index (χ0) is 24.7. The van der Waals surface area contributed by atoms with Crippen molar-refractivity contribution in [3.05, 3.63) is 69.1 Å². The molecule has 5 N–H and O–H groups in total. The lowest BCUT2D eigenvalue weighted by molar-refractivity contribution is 0.0687. The van der Waals surface area contributed by atoms with Crippen LogP contribution >= 0.6 is 34.2 Å². The second kappa shape index (κ2) is 12.3. The van der Waals surface area contributed by atoms with Crippen molar-refractivity contribution < 1.29 is 24.8 Å². The Balaban J connectivity index is 1.57. The van der Waals surface area contributed by atoms with Gasteiger partial charge in [-0.05, 0) is 58.0 Å². The SMILES string of the molecule is CC(C)(c1ccc(OC[C@H](O)CN2C=C(CO)NN2)cc1)c1ccc(OC[C@H](O)CCl)c(I)c1. The lowest BCUT2D eigenvalue weighted by Crippen LogP contribution is -2.42. The summed E-state index contributed by atoms with van der Waals surface area (Å²) in [4.78, 5) is 0. The van der Waals surface area contributed by atoms with E-state index in [0.717, 1.165) is 20.4 Å². The Morgan fingerprint density at radius 2 is 1.71 bits per heavy atom. The van der Waals surface area contributed by atoms with Crippen molar-refractivity contribution in [3.8, 4) is 11.5 Å². The van der Waals surface area contributed by atoms with Crippen molar-refractivity contribution in [2.45, 2.75) is 31.5 Å². The number of alkyl halides is 1. The Bertz CT molecular complexity index is 974. The van der Waals surface area contributed by atoms with Gasteiger partial charge in [0.2, 0.25) is 0 Å². The number of β-amino-alcohol motifs (C(OH)–C–C–N with tert-alkyl or cyclic N) is 1. The molecule has 0 fully saturated rings. The maximum Gasteiger partial charge on any atom is 0.132 e. The third-order valence-corrected chi connectivity index (χ3v) is 6.73. The number of benzene rings is 2. The molecule has 2 aromatic rings. The maximum atomic E-state index is 10.2. The van der Waals surface area contributed by atoms with Crippen molar-refractivity contribution in [1.29, 1.82) is 0 Å². The predicted octanol–water partition coefficient (Wildman–Crippen LogP) is 2.49. The van der Waals surface area contributed by atoms with E-state index in [9.17, 15) is 10.2 Å². The molecule has 0 saturated carbocycles. The number of nitrogens with one attached hydrogen (secondary N) is 2. The van der Waals surface area contributed by atoms with Crippen LogP contribution in [0.3, 0.4) is 0 Å². The Labute approximate surface area is 218 Å². The number of halogens is 2. The molecule has 0 saturated heterocycles. The zero-order valence-corrected chi connectivity index (χ0v) is 22.1. The average Bonchev–Trinajstić information content (AvgIpc) is 3.29. The Morgan fingerprint density at radius 1 is 1.03 bits per heavy atom. The molecule has 34 heavy (non-hydrogen) atoms. The van der Waals surface area contributed by atoms with Gasteiger partial charge in [0.1, 0.15) is 36.9 Å². The standard InChI is InChI=1S/C24H31ClIN3O5/c1-24(2,17-5-8-23(22(26)9-17)34-14-19(31)10-25)16-3-6-21(7-4-16)33-15-20(32)12-29-11-18(13-30)27-28-29/h3-9,11,19-20,27-28,30-32H,10,12-15H2,1-2H3/t19-,20-/m1/s1. The summed E-state index contributed by atoms with van der Waals surface area (Å²) in [6.45, 7) is 4.81. The molecule has 1 heterocycles. The normalized spacial score (nSPS) is 15.5. The third kappa shape index (κ3) is 7.12. The number of nitrogens with zero attached hydrogens (tertiary/aromatic N) is 1. The number of rotatable bonds is 12. The van der Waals surface area contributed by atoms with E-state index < -0.39 is 12.2 Å². The lowest BCUT2D eigenvalue weighted by atomic mass is 9.78. The highest BCUT2D eigenvalue weighted by atomic mass is 127. The first-order valence-corrected chi connectivity index (χ1v) is 12.5. The van der Waals surface area contributed by atoms with Gasteiger partial charge in [0, 0.05) is 11.6 Å². The van der Waals surface area contributed by atoms with E-state index in [1.54, 1.807) is 11.2 Å². The van der Waals surface area contributed by atoms with Crippen LogP contribution in [0.4, 0.5) is 0 Å². The van der Waals surface area contributed by atoms with E-state index in [2.05, 4.69) is 53.5 Å². The molecule has 2 aromatic carbocycles. The fraction of sp³-hybridized carbons (Fsp3) is 0.417. The number of aliphatic hydroxyl groups is 3. The largest absolute Gasteiger partial charge is 0.491 e. The summed E-state index contributed by atoms with van der Waals surface area (Å²) in [6, 6.07) is 13.9. The highest BCUT2D eigenvalue weighted by Crippen LogP contribution is 2.35. The van der Waals surface area contributed by atoms with Crippen LogP contribution in [0.1, 0.15) is 25.0 Å². The molecule has 0 amide bonds. The van der Waals surface area contributed by atoms with Crippen LogP contribution in [0.5, 0.6) is 11.5 Å². The zero-order valence-electron chi connectivity index (χ0n) is 19.2. The van der Waals surface area contributed by atoms with Crippen molar-refractivity contribution >= 4 is 34.2 Å². The minimum absolute atomic E-state index is 0.103. The van der Waals surface area contributed by atoms with Gasteiger partial charge in [-0.1, -0.05) is 32.0 Å². The first-order valence-electron chi connectivity index (χ1n) is 10.9. The highest BCUT2D eigenvalue weighted by Gasteiger charge is 2.24. The van der Waals surface area contributed by atoms with E-state index in [1.165, 1.54) is 0 Å². The molecule has 186 valence electrons. The molecular formula is C24H31ClIN3O5. The number of aliphatic hydroxyl groups excluding tert-OH is 3. The van der Waals surface area contributed by atoms with E-state index in [4.69, 9.17) is 26.2 Å². The van der Waals surface area contributed by atoms with Gasteiger partial charge in [0.05, 0.1) is 28.3 Å².